The number of rotatable bonds is 11. The molecule has 156 valence electrons. The zero-order valence-corrected chi connectivity index (χ0v) is 19.6. The Labute approximate surface area is 181 Å². The van der Waals surface area contributed by atoms with E-state index in [9.17, 15) is 5.11 Å². The van der Waals surface area contributed by atoms with Crippen LogP contribution in [0.3, 0.4) is 0 Å². The third kappa shape index (κ3) is 10.0. The molecule has 0 saturated carbocycles. The summed E-state index contributed by atoms with van der Waals surface area (Å²) in [5.41, 5.74) is 0.719. The lowest BCUT2D eigenvalue weighted by Gasteiger charge is -2.18. The van der Waals surface area contributed by atoms with E-state index in [0.717, 1.165) is 24.5 Å². The predicted molar refractivity (Wildman–Crippen MR) is 123 cm³/mol. The van der Waals surface area contributed by atoms with Crippen LogP contribution in [0.2, 0.25) is 0 Å². The Morgan fingerprint density at radius 3 is 2.26 bits per heavy atom. The normalized spacial score (nSPS) is 13.3. The summed E-state index contributed by atoms with van der Waals surface area (Å²) in [4.78, 5) is 4.53. The first-order valence-corrected chi connectivity index (χ1v) is 9.49. The molecule has 0 aliphatic heterocycles. The number of aliphatic hydroxyl groups is 1. The molecule has 0 aliphatic rings. The van der Waals surface area contributed by atoms with Crippen molar-refractivity contribution in [1.29, 1.82) is 0 Å². The van der Waals surface area contributed by atoms with Crippen LogP contribution in [0, 0.1) is 0 Å². The fourth-order valence-corrected chi connectivity index (χ4v) is 2.63. The summed E-state index contributed by atoms with van der Waals surface area (Å²) in [5, 5.41) is 17.2. The molecule has 0 aliphatic carbocycles. The standard InChI is InChI=1S/C20H35N3O3.HI/c1-6-8-9-10-15(3)23-20(21-7-2)22-14-19(24)16-11-17(25-4)13-18(12-16)26-5;/h11-13,15,19,24H,6-10,14H2,1-5H3,(H2,21,22,23);1H. The van der Waals surface area contributed by atoms with Gasteiger partial charge in [0, 0.05) is 18.7 Å². The zero-order chi connectivity index (χ0) is 19.4. The number of ether oxygens (including phenoxy) is 2. The second-order valence-corrected chi connectivity index (χ2v) is 6.42. The van der Waals surface area contributed by atoms with Gasteiger partial charge in [0.1, 0.15) is 11.5 Å². The molecule has 0 amide bonds. The first-order valence-electron chi connectivity index (χ1n) is 9.49. The number of aliphatic hydroxyl groups excluding tert-OH is 1. The van der Waals surface area contributed by atoms with E-state index < -0.39 is 6.10 Å². The molecule has 6 nitrogen and oxygen atoms in total. The number of methoxy groups -OCH3 is 2. The van der Waals surface area contributed by atoms with Crippen molar-refractivity contribution in [3.63, 3.8) is 0 Å². The number of hydrogen-bond acceptors (Lipinski definition) is 4. The fourth-order valence-electron chi connectivity index (χ4n) is 2.63. The van der Waals surface area contributed by atoms with Crippen LogP contribution in [0.5, 0.6) is 11.5 Å². The summed E-state index contributed by atoms with van der Waals surface area (Å²) in [5.74, 6) is 2.03. The Balaban J connectivity index is 0.00000676. The molecule has 7 heteroatoms. The van der Waals surface area contributed by atoms with Gasteiger partial charge in [-0.1, -0.05) is 26.2 Å². The lowest BCUT2D eigenvalue weighted by molar-refractivity contribution is 0.186. The summed E-state index contributed by atoms with van der Waals surface area (Å²) in [7, 11) is 3.19. The highest BCUT2D eigenvalue weighted by Gasteiger charge is 2.12. The molecule has 0 radical (unpaired) electrons. The van der Waals surface area contributed by atoms with E-state index in [0.29, 0.717) is 17.5 Å². The van der Waals surface area contributed by atoms with Crippen LogP contribution in [0.25, 0.3) is 0 Å². The van der Waals surface area contributed by atoms with E-state index in [1.54, 1.807) is 32.4 Å². The van der Waals surface area contributed by atoms with Gasteiger partial charge in [-0.25, -0.2) is 0 Å². The Kier molecular flexibility index (Phi) is 14.1. The number of nitrogens with one attached hydrogen (secondary N) is 2. The Hall–Kier alpha value is -1.22. The minimum Gasteiger partial charge on any atom is -0.497 e. The highest BCUT2D eigenvalue weighted by molar-refractivity contribution is 14.0. The largest absolute Gasteiger partial charge is 0.497 e. The summed E-state index contributed by atoms with van der Waals surface area (Å²) in [6.45, 7) is 7.43. The minimum absolute atomic E-state index is 0. The number of benzene rings is 1. The quantitative estimate of drug-likeness (QED) is 0.189. The molecule has 3 N–H and O–H groups in total. The smallest absolute Gasteiger partial charge is 0.191 e. The van der Waals surface area contributed by atoms with E-state index in [1.165, 1.54) is 19.3 Å². The first kappa shape index (κ1) is 25.8. The third-order valence-electron chi connectivity index (χ3n) is 4.15. The van der Waals surface area contributed by atoms with Crippen LogP contribution in [-0.4, -0.2) is 44.4 Å². The summed E-state index contributed by atoms with van der Waals surface area (Å²) in [6, 6.07) is 5.73. The van der Waals surface area contributed by atoms with Crippen molar-refractivity contribution in [2.45, 2.75) is 58.6 Å². The monoisotopic (exact) mass is 493 g/mol. The molecule has 27 heavy (non-hydrogen) atoms. The number of nitrogens with zero attached hydrogens (tertiary/aromatic N) is 1. The molecule has 1 rings (SSSR count). The molecule has 0 spiro atoms. The zero-order valence-electron chi connectivity index (χ0n) is 17.2. The molecular formula is C20H36IN3O3. The number of aliphatic imine (C=N–C) groups is 1. The first-order chi connectivity index (χ1) is 12.5. The topological polar surface area (TPSA) is 75.1 Å². The Morgan fingerprint density at radius 2 is 1.74 bits per heavy atom. The number of halogens is 1. The number of guanidine groups is 1. The molecule has 2 atom stereocenters. The molecular weight excluding hydrogens is 457 g/mol. The lowest BCUT2D eigenvalue weighted by Crippen LogP contribution is -2.42. The number of unbranched alkanes of at least 4 members (excludes halogenated alkanes) is 2. The van der Waals surface area contributed by atoms with Crippen LogP contribution < -0.4 is 20.1 Å². The second-order valence-electron chi connectivity index (χ2n) is 6.42. The maximum Gasteiger partial charge on any atom is 0.191 e. The SMILES string of the molecule is CCCCCC(C)NC(=NCC(O)c1cc(OC)cc(OC)c1)NCC.I. The fraction of sp³-hybridized carbons (Fsp3) is 0.650. The molecule has 0 bridgehead atoms. The maximum absolute atomic E-state index is 10.5. The second kappa shape index (κ2) is 14.8. The minimum atomic E-state index is -0.732. The summed E-state index contributed by atoms with van der Waals surface area (Å²) >= 11 is 0. The highest BCUT2D eigenvalue weighted by Crippen LogP contribution is 2.26. The molecule has 0 fully saturated rings. The maximum atomic E-state index is 10.5. The predicted octanol–water partition coefficient (Wildman–Crippen LogP) is 3.88. The van der Waals surface area contributed by atoms with Crippen LogP contribution in [-0.2, 0) is 0 Å². The number of hydrogen-bond donors (Lipinski definition) is 3. The molecule has 1 aromatic carbocycles. The van der Waals surface area contributed by atoms with E-state index in [1.807, 2.05) is 6.92 Å². The van der Waals surface area contributed by atoms with Crippen LogP contribution in [0.15, 0.2) is 23.2 Å². The van der Waals surface area contributed by atoms with Gasteiger partial charge in [0.05, 0.1) is 26.9 Å². The van der Waals surface area contributed by atoms with Crippen molar-refractivity contribution < 1.29 is 14.6 Å². The van der Waals surface area contributed by atoms with Gasteiger partial charge >= 0.3 is 0 Å². The van der Waals surface area contributed by atoms with Crippen LogP contribution in [0.4, 0.5) is 0 Å². The van der Waals surface area contributed by atoms with E-state index in [2.05, 4.69) is 29.5 Å². The van der Waals surface area contributed by atoms with Crippen molar-refractivity contribution in [3.05, 3.63) is 23.8 Å². The lowest BCUT2D eigenvalue weighted by atomic mass is 10.1. The Bertz CT molecular complexity index is 533. The molecule has 0 heterocycles. The van der Waals surface area contributed by atoms with Gasteiger partial charge in [-0.3, -0.25) is 4.99 Å². The van der Waals surface area contributed by atoms with Gasteiger partial charge in [0.15, 0.2) is 5.96 Å². The molecule has 0 saturated heterocycles. The molecule has 1 aromatic rings. The highest BCUT2D eigenvalue weighted by atomic mass is 127. The Morgan fingerprint density at radius 1 is 1.11 bits per heavy atom. The van der Waals surface area contributed by atoms with E-state index in [-0.39, 0.29) is 30.5 Å². The van der Waals surface area contributed by atoms with Gasteiger partial charge in [0.2, 0.25) is 0 Å². The summed E-state index contributed by atoms with van der Waals surface area (Å²) < 4.78 is 10.5. The summed E-state index contributed by atoms with van der Waals surface area (Å²) in [6.07, 6.45) is 4.04. The van der Waals surface area contributed by atoms with Crippen molar-refractivity contribution >= 4 is 29.9 Å². The van der Waals surface area contributed by atoms with E-state index in [4.69, 9.17) is 9.47 Å². The third-order valence-corrected chi connectivity index (χ3v) is 4.15. The van der Waals surface area contributed by atoms with E-state index >= 15 is 0 Å². The van der Waals surface area contributed by atoms with Crippen molar-refractivity contribution in [3.8, 4) is 11.5 Å². The molecule has 2 unspecified atom stereocenters. The average Bonchev–Trinajstić information content (AvgIpc) is 2.65. The van der Waals surface area contributed by atoms with Gasteiger partial charge in [0.25, 0.3) is 0 Å². The van der Waals surface area contributed by atoms with Gasteiger partial charge in [-0.05, 0) is 38.0 Å². The van der Waals surface area contributed by atoms with Gasteiger partial charge in [-0.2, -0.15) is 0 Å². The van der Waals surface area contributed by atoms with Gasteiger partial charge < -0.3 is 25.2 Å². The van der Waals surface area contributed by atoms with Crippen LogP contribution >= 0.6 is 24.0 Å². The molecule has 0 aromatic heterocycles. The van der Waals surface area contributed by atoms with Crippen molar-refractivity contribution in [2.24, 2.45) is 4.99 Å². The average molecular weight is 493 g/mol. The van der Waals surface area contributed by atoms with Crippen LogP contribution in [0.1, 0.15) is 58.1 Å². The van der Waals surface area contributed by atoms with Crippen molar-refractivity contribution in [1.82, 2.24) is 10.6 Å². The van der Waals surface area contributed by atoms with Gasteiger partial charge in [-0.15, -0.1) is 24.0 Å². The van der Waals surface area contributed by atoms with Crippen molar-refractivity contribution in [2.75, 3.05) is 27.3 Å².